The van der Waals surface area contributed by atoms with E-state index in [9.17, 15) is 0 Å². The summed E-state index contributed by atoms with van der Waals surface area (Å²) >= 11 is 0. The topological polar surface area (TPSA) is 53.7 Å². The zero-order valence-electron chi connectivity index (χ0n) is 8.08. The van der Waals surface area contributed by atoms with Crippen molar-refractivity contribution in [3.8, 4) is 11.5 Å². The highest BCUT2D eigenvalue weighted by Crippen LogP contribution is 2.35. The average molecular weight is 195 g/mol. The highest BCUT2D eigenvalue weighted by atomic mass is 16.6. The molecule has 76 valence electrons. The largest absolute Gasteiger partial charge is 0.486 e. The lowest BCUT2D eigenvalue weighted by Gasteiger charge is -2.21. The minimum absolute atomic E-state index is 0.341. The molecule has 0 fully saturated rings. The third-order valence-corrected chi connectivity index (χ3v) is 2.10. The van der Waals surface area contributed by atoms with Crippen molar-refractivity contribution in [3.63, 3.8) is 0 Å². The van der Waals surface area contributed by atoms with Crippen molar-refractivity contribution in [2.45, 2.75) is 13.5 Å². The van der Waals surface area contributed by atoms with Crippen LogP contribution in [-0.4, -0.2) is 13.2 Å². The molecule has 0 spiro atoms. The Bertz CT molecular complexity index is 338. The first-order valence-electron chi connectivity index (χ1n) is 4.52. The second-order valence-corrected chi connectivity index (χ2v) is 3.26. The molecule has 0 saturated heterocycles. The zero-order valence-corrected chi connectivity index (χ0v) is 8.08. The molecule has 0 saturated carbocycles. The summed E-state index contributed by atoms with van der Waals surface area (Å²) in [6, 6.07) is 3.94. The van der Waals surface area contributed by atoms with Gasteiger partial charge in [0.25, 0.3) is 0 Å². The van der Waals surface area contributed by atoms with Crippen LogP contribution in [0.25, 0.3) is 0 Å². The first kappa shape index (κ1) is 9.30. The molecule has 1 heterocycles. The smallest absolute Gasteiger partial charge is 0.166 e. The van der Waals surface area contributed by atoms with E-state index < -0.39 is 0 Å². The summed E-state index contributed by atoms with van der Waals surface area (Å²) in [5.74, 6) is 6.58. The van der Waals surface area contributed by atoms with Gasteiger partial charge in [0.05, 0.1) is 6.61 Å². The van der Waals surface area contributed by atoms with Gasteiger partial charge in [-0.1, -0.05) is 0 Å². The minimum atomic E-state index is 0.341. The standard InChI is InChI=1S/C10H13NO3/c1-7-4-8(6-14-11)10-9(5-7)12-2-3-13-10/h4-5H,2-3,6,11H2,1H3. The number of fused-ring (bicyclic) bond motifs is 1. The van der Waals surface area contributed by atoms with Crippen LogP contribution in [-0.2, 0) is 11.4 Å². The first-order chi connectivity index (χ1) is 6.81. The Morgan fingerprint density at radius 1 is 1.36 bits per heavy atom. The maximum absolute atomic E-state index is 5.50. The van der Waals surface area contributed by atoms with E-state index in [1.165, 1.54) is 0 Å². The average Bonchev–Trinajstić information content (AvgIpc) is 2.18. The van der Waals surface area contributed by atoms with Crippen LogP contribution in [0.15, 0.2) is 12.1 Å². The maximum Gasteiger partial charge on any atom is 0.166 e. The predicted octanol–water partition coefficient (Wildman–Crippen LogP) is 1.16. The number of aryl methyl sites for hydroxylation is 1. The van der Waals surface area contributed by atoms with Gasteiger partial charge in [-0.05, 0) is 24.6 Å². The van der Waals surface area contributed by atoms with E-state index in [-0.39, 0.29) is 0 Å². The van der Waals surface area contributed by atoms with Gasteiger partial charge in [-0.3, -0.25) is 4.84 Å². The molecular weight excluding hydrogens is 182 g/mol. The molecule has 0 atom stereocenters. The second kappa shape index (κ2) is 3.86. The van der Waals surface area contributed by atoms with E-state index in [4.69, 9.17) is 15.4 Å². The van der Waals surface area contributed by atoms with Crippen molar-refractivity contribution < 1.29 is 14.3 Å². The number of hydrogen-bond donors (Lipinski definition) is 1. The van der Waals surface area contributed by atoms with Gasteiger partial charge in [-0.25, -0.2) is 5.90 Å². The van der Waals surface area contributed by atoms with E-state index >= 15 is 0 Å². The molecular formula is C10H13NO3. The van der Waals surface area contributed by atoms with E-state index in [1.54, 1.807) is 0 Å². The predicted molar refractivity (Wildman–Crippen MR) is 51.1 cm³/mol. The highest BCUT2D eigenvalue weighted by Gasteiger charge is 2.16. The van der Waals surface area contributed by atoms with Crippen molar-refractivity contribution in [2.75, 3.05) is 13.2 Å². The SMILES string of the molecule is Cc1cc(CON)c2c(c1)OCCO2. The molecule has 0 bridgehead atoms. The zero-order chi connectivity index (χ0) is 9.97. The molecule has 1 aliphatic rings. The summed E-state index contributed by atoms with van der Waals surface area (Å²) in [7, 11) is 0. The van der Waals surface area contributed by atoms with Crippen molar-refractivity contribution in [1.29, 1.82) is 0 Å². The fourth-order valence-electron chi connectivity index (χ4n) is 1.58. The lowest BCUT2D eigenvalue weighted by atomic mass is 10.1. The van der Waals surface area contributed by atoms with Crippen LogP contribution in [0.1, 0.15) is 11.1 Å². The summed E-state index contributed by atoms with van der Waals surface area (Å²) in [4.78, 5) is 4.61. The van der Waals surface area contributed by atoms with Gasteiger partial charge in [0.2, 0.25) is 0 Å². The van der Waals surface area contributed by atoms with Gasteiger partial charge in [-0.15, -0.1) is 0 Å². The molecule has 2 rings (SSSR count). The minimum Gasteiger partial charge on any atom is -0.486 e. The molecule has 1 aliphatic heterocycles. The summed E-state index contributed by atoms with van der Waals surface area (Å²) in [5.41, 5.74) is 2.04. The van der Waals surface area contributed by atoms with Crippen LogP contribution < -0.4 is 15.4 Å². The van der Waals surface area contributed by atoms with Gasteiger partial charge in [-0.2, -0.15) is 0 Å². The fourth-order valence-corrected chi connectivity index (χ4v) is 1.58. The summed E-state index contributed by atoms with van der Waals surface area (Å²) < 4.78 is 11.0. The maximum atomic E-state index is 5.50. The van der Waals surface area contributed by atoms with Gasteiger partial charge < -0.3 is 9.47 Å². The van der Waals surface area contributed by atoms with Gasteiger partial charge in [0.1, 0.15) is 13.2 Å². The number of hydrogen-bond acceptors (Lipinski definition) is 4. The Balaban J connectivity index is 2.41. The Morgan fingerprint density at radius 3 is 2.93 bits per heavy atom. The number of ether oxygens (including phenoxy) is 2. The molecule has 4 nitrogen and oxygen atoms in total. The molecule has 0 amide bonds. The highest BCUT2D eigenvalue weighted by molar-refractivity contribution is 5.49. The third-order valence-electron chi connectivity index (χ3n) is 2.10. The molecule has 0 radical (unpaired) electrons. The fraction of sp³-hybridized carbons (Fsp3) is 0.400. The van der Waals surface area contributed by atoms with E-state index in [0.29, 0.717) is 19.8 Å². The van der Waals surface area contributed by atoms with Gasteiger partial charge >= 0.3 is 0 Å². The van der Waals surface area contributed by atoms with Crippen molar-refractivity contribution >= 4 is 0 Å². The van der Waals surface area contributed by atoms with E-state index in [2.05, 4.69) is 4.84 Å². The van der Waals surface area contributed by atoms with Crippen LogP contribution in [0, 0.1) is 6.92 Å². The number of rotatable bonds is 2. The van der Waals surface area contributed by atoms with Crippen LogP contribution in [0.4, 0.5) is 0 Å². The Morgan fingerprint density at radius 2 is 2.14 bits per heavy atom. The second-order valence-electron chi connectivity index (χ2n) is 3.26. The van der Waals surface area contributed by atoms with E-state index in [0.717, 1.165) is 22.6 Å². The van der Waals surface area contributed by atoms with Crippen LogP contribution >= 0.6 is 0 Å². The van der Waals surface area contributed by atoms with Crippen LogP contribution in [0.2, 0.25) is 0 Å². The van der Waals surface area contributed by atoms with Crippen molar-refractivity contribution in [2.24, 2.45) is 5.90 Å². The summed E-state index contributed by atoms with van der Waals surface area (Å²) in [6.07, 6.45) is 0. The monoisotopic (exact) mass is 195 g/mol. The molecule has 1 aromatic carbocycles. The number of nitrogens with two attached hydrogens (primary N) is 1. The quantitative estimate of drug-likeness (QED) is 0.719. The van der Waals surface area contributed by atoms with Gasteiger partial charge in [0.15, 0.2) is 11.5 Å². The van der Waals surface area contributed by atoms with Crippen LogP contribution in [0.3, 0.4) is 0 Å². The molecule has 1 aromatic rings. The molecule has 0 unspecified atom stereocenters. The Labute approximate surface area is 82.5 Å². The third kappa shape index (κ3) is 1.66. The lowest BCUT2D eigenvalue weighted by Crippen LogP contribution is -2.17. The Hall–Kier alpha value is -1.26. The molecule has 2 N–H and O–H groups in total. The summed E-state index contributed by atoms with van der Waals surface area (Å²) in [5, 5.41) is 0. The number of benzene rings is 1. The van der Waals surface area contributed by atoms with Crippen LogP contribution in [0.5, 0.6) is 11.5 Å². The lowest BCUT2D eigenvalue weighted by molar-refractivity contribution is 0.115. The molecule has 0 aromatic heterocycles. The molecule has 0 aliphatic carbocycles. The molecule has 14 heavy (non-hydrogen) atoms. The normalized spacial score (nSPS) is 14.1. The van der Waals surface area contributed by atoms with Crippen molar-refractivity contribution in [3.05, 3.63) is 23.3 Å². The first-order valence-corrected chi connectivity index (χ1v) is 4.52. The summed E-state index contributed by atoms with van der Waals surface area (Å²) in [6.45, 7) is 3.51. The van der Waals surface area contributed by atoms with Crippen molar-refractivity contribution in [1.82, 2.24) is 0 Å². The molecule has 4 heteroatoms. The Kier molecular flexibility index (Phi) is 2.56. The van der Waals surface area contributed by atoms with Gasteiger partial charge in [0, 0.05) is 5.56 Å². The van der Waals surface area contributed by atoms with E-state index in [1.807, 2.05) is 19.1 Å².